The molecule has 0 saturated heterocycles. The number of aliphatic imine (C=N–C) groups is 3. The second kappa shape index (κ2) is 21.8. The number of nitrogens with zero attached hydrogens (tertiary/aromatic N) is 8. The minimum absolute atomic E-state index is 0.547. The van der Waals surface area contributed by atoms with E-state index in [0.29, 0.717) is 23.6 Å². The van der Waals surface area contributed by atoms with E-state index in [4.69, 9.17) is 15.0 Å². The molecule has 0 amide bonds. The number of fused-ring (bicyclic) bond motifs is 20. The van der Waals surface area contributed by atoms with E-state index in [2.05, 4.69) is 328 Å². The molecule has 0 fully saturated rings. The number of amidine groups is 1. The molecule has 8 heteroatoms. The average molecular weight is 1310 g/mol. The molecule has 103 heavy (non-hydrogen) atoms. The van der Waals surface area contributed by atoms with Gasteiger partial charge in [0.2, 0.25) is 11.9 Å². The summed E-state index contributed by atoms with van der Waals surface area (Å²) in [7, 11) is 1.69. The van der Waals surface area contributed by atoms with E-state index >= 15 is 0 Å². The molecule has 0 aliphatic heterocycles. The zero-order chi connectivity index (χ0) is 67.7. The summed E-state index contributed by atoms with van der Waals surface area (Å²) < 4.78 is 4.41. The molecule has 0 atom stereocenters. The lowest BCUT2D eigenvalue weighted by molar-refractivity contribution is 0.893. The van der Waals surface area contributed by atoms with Crippen molar-refractivity contribution in [3.05, 3.63) is 309 Å². The van der Waals surface area contributed by atoms with Crippen molar-refractivity contribution in [2.45, 2.75) is 0 Å². The first-order chi connectivity index (χ1) is 50.9. The van der Waals surface area contributed by atoms with Gasteiger partial charge in [-0.15, -0.1) is 0 Å². The maximum Gasteiger partial charge on any atom is 0.240 e. The molecular weight excluding hydrogens is 1250 g/mol. The summed E-state index contributed by atoms with van der Waals surface area (Å²) in [5.74, 6) is 2.25. The second-order valence-corrected chi connectivity index (χ2v) is 27.4. The Morgan fingerprint density at radius 1 is 0.301 bits per heavy atom. The van der Waals surface area contributed by atoms with Crippen LogP contribution in [0.4, 0.5) is 0 Å². The largest absolute Gasteiger partial charge is 0.278 e. The first-order valence-electron chi connectivity index (χ1n) is 34.9. The third kappa shape index (κ3) is 8.46. The van der Waals surface area contributed by atoms with Crippen molar-refractivity contribution in [1.29, 1.82) is 0 Å². The quantitative estimate of drug-likeness (QED) is 0.0657. The Balaban J connectivity index is 0.646. The summed E-state index contributed by atoms with van der Waals surface area (Å²) in [6.07, 6.45) is 1.50. The van der Waals surface area contributed by atoms with Crippen LogP contribution in [0.5, 0.6) is 0 Å². The van der Waals surface area contributed by atoms with E-state index in [9.17, 15) is 0 Å². The van der Waals surface area contributed by atoms with Crippen LogP contribution in [0.1, 0.15) is 5.56 Å². The summed E-state index contributed by atoms with van der Waals surface area (Å²) >= 11 is 0. The molecule has 0 N–H and O–H groups in total. The van der Waals surface area contributed by atoms with Gasteiger partial charge in [0.15, 0.2) is 11.7 Å². The van der Waals surface area contributed by atoms with E-state index in [1.54, 1.807) is 7.05 Å². The van der Waals surface area contributed by atoms with Crippen molar-refractivity contribution < 1.29 is 0 Å². The Bertz CT molecular complexity index is 7050. The van der Waals surface area contributed by atoms with Crippen molar-refractivity contribution in [3.63, 3.8) is 0 Å². The highest BCUT2D eigenvalue weighted by Gasteiger charge is 2.30. The van der Waals surface area contributed by atoms with Crippen LogP contribution in [-0.4, -0.2) is 50.0 Å². The van der Waals surface area contributed by atoms with Gasteiger partial charge in [0.25, 0.3) is 0 Å². The second-order valence-electron chi connectivity index (χ2n) is 27.4. The fraction of sp³-hybridized carbons (Fsp3) is 0.0105. The van der Waals surface area contributed by atoms with E-state index in [-0.39, 0.29) is 0 Å². The van der Waals surface area contributed by atoms with Crippen molar-refractivity contribution in [3.8, 4) is 101 Å². The molecule has 2 aliphatic rings. The number of aromatic nitrogens is 5. The zero-order valence-corrected chi connectivity index (χ0v) is 55.7. The van der Waals surface area contributed by atoms with Crippen molar-refractivity contribution in [1.82, 2.24) is 24.1 Å². The molecule has 3 aromatic heterocycles. The highest BCUT2D eigenvalue weighted by molar-refractivity contribution is 6.31. The lowest BCUT2D eigenvalue weighted by Gasteiger charge is -2.14. The van der Waals surface area contributed by atoms with Crippen LogP contribution in [0.2, 0.25) is 0 Å². The normalized spacial score (nSPS) is 12.6. The minimum Gasteiger partial charge on any atom is -0.278 e. The monoisotopic (exact) mass is 1310 g/mol. The average Bonchev–Trinajstić information content (AvgIpc) is 1.57. The Morgan fingerprint density at radius 2 is 0.757 bits per heavy atom. The molecule has 476 valence electrons. The molecule has 0 saturated carbocycles. The standard InChI is InChI=1S/C95H56N8/c1-96-53-98-92(97-2)65-34-32-57-44-55(28-30-59(57)47-65)54-27-29-58-45-63(33-31-56(58)43-54)72-41-42-79-88-71-38-35-60(46-64(71)36-40-78(88)82-50-62-16-4-6-18-70(62)89(72)91(79)82)67-49-68-48-61-15-3-5-17-69(61)90-81-51-66(37-39-73(81)80(52-67)87(68)90)93-99-94(102-83-23-11-7-19-74(83)75-20-8-12-24-84(75)102)101-95(100-93)103-85-25-13-9-21-76(85)77-22-10-14-26-86(77)103/h3-53H,2H2,1H3. The molecule has 22 rings (SSSR count). The van der Waals surface area contributed by atoms with Gasteiger partial charge in [0.05, 0.1) is 22.1 Å². The van der Waals surface area contributed by atoms with Gasteiger partial charge >= 0.3 is 0 Å². The Labute approximate surface area is 590 Å². The summed E-state index contributed by atoms with van der Waals surface area (Å²) in [4.78, 5) is 29.0. The van der Waals surface area contributed by atoms with Gasteiger partial charge in [-0.25, -0.2) is 9.98 Å². The first-order valence-corrected chi connectivity index (χ1v) is 34.9. The van der Waals surface area contributed by atoms with Crippen LogP contribution in [0.3, 0.4) is 0 Å². The molecule has 0 radical (unpaired) electrons. The molecule has 0 bridgehead atoms. The van der Waals surface area contributed by atoms with Crippen LogP contribution >= 0.6 is 0 Å². The molecule has 17 aromatic carbocycles. The Morgan fingerprint density at radius 3 is 1.41 bits per heavy atom. The van der Waals surface area contributed by atoms with Crippen LogP contribution in [0, 0.1) is 0 Å². The predicted molar refractivity (Wildman–Crippen MR) is 432 cm³/mol. The number of benzene rings is 17. The van der Waals surface area contributed by atoms with Crippen LogP contribution < -0.4 is 0 Å². The highest BCUT2D eigenvalue weighted by Crippen LogP contribution is 2.56. The topological polar surface area (TPSA) is 85.6 Å². The summed E-state index contributed by atoms with van der Waals surface area (Å²) in [5, 5.41) is 21.6. The maximum absolute atomic E-state index is 5.51. The van der Waals surface area contributed by atoms with E-state index in [1.165, 1.54) is 138 Å². The van der Waals surface area contributed by atoms with Crippen LogP contribution in [0.25, 0.3) is 220 Å². The molecule has 8 nitrogen and oxygen atoms in total. The lowest BCUT2D eigenvalue weighted by atomic mass is 9.89. The Hall–Kier alpha value is -13.8. The Kier molecular flexibility index (Phi) is 12.1. The number of rotatable bonds is 8. The van der Waals surface area contributed by atoms with Crippen molar-refractivity contribution in [2.75, 3.05) is 7.05 Å². The fourth-order valence-electron chi connectivity index (χ4n) is 17.4. The summed E-state index contributed by atoms with van der Waals surface area (Å²) in [5.41, 5.74) is 23.0. The maximum atomic E-state index is 5.51. The smallest absolute Gasteiger partial charge is 0.240 e. The number of para-hydroxylation sites is 4. The van der Waals surface area contributed by atoms with E-state index in [1.807, 2.05) is 6.07 Å². The fourth-order valence-corrected chi connectivity index (χ4v) is 17.4. The van der Waals surface area contributed by atoms with Crippen molar-refractivity contribution in [2.24, 2.45) is 15.0 Å². The minimum atomic E-state index is 0.547. The van der Waals surface area contributed by atoms with Gasteiger partial charge in [-0.1, -0.05) is 218 Å². The SMILES string of the molecule is C=NC(=NC=NC)c1ccc2cc(-c3ccc4cc(-c5ccc6c7c(cc8ccccc8c57)-c5ccc7cc(-c8cc9c%10c(c%11ccccc%11cc%10c8)-c8cc(-c%10nc(-n%11c%12ccccc%12c%12ccccc%12%11)nc(-n%11c%12ccccc%12c%12ccccc%12%11)n%10)ccc8-9)ccc7c5-6)ccc4c3)ccc2c1. The number of hydrogen-bond donors (Lipinski definition) is 0. The van der Waals surface area contributed by atoms with Gasteiger partial charge in [-0.2, -0.15) is 15.0 Å². The molecule has 3 heterocycles. The third-order valence-electron chi connectivity index (χ3n) is 21.9. The van der Waals surface area contributed by atoms with E-state index < -0.39 is 0 Å². The van der Waals surface area contributed by atoms with Gasteiger partial charge < -0.3 is 0 Å². The van der Waals surface area contributed by atoms with Gasteiger partial charge in [0.1, 0.15) is 6.34 Å². The van der Waals surface area contributed by atoms with Crippen molar-refractivity contribution >= 4 is 138 Å². The van der Waals surface area contributed by atoms with E-state index in [0.717, 1.165) is 76.6 Å². The molecule has 20 aromatic rings. The highest BCUT2D eigenvalue weighted by atomic mass is 15.3. The molecule has 0 spiro atoms. The van der Waals surface area contributed by atoms with Gasteiger partial charge in [0, 0.05) is 39.7 Å². The van der Waals surface area contributed by atoms with Gasteiger partial charge in [-0.3, -0.25) is 14.1 Å². The zero-order valence-electron chi connectivity index (χ0n) is 55.7. The summed E-state index contributed by atoms with van der Waals surface area (Å²) in [6, 6.07) is 112. The third-order valence-corrected chi connectivity index (χ3v) is 21.9. The molecule has 0 unspecified atom stereocenters. The van der Waals surface area contributed by atoms with Gasteiger partial charge in [-0.05, 0) is 245 Å². The predicted octanol–water partition coefficient (Wildman–Crippen LogP) is 24.2. The lowest BCUT2D eigenvalue weighted by Crippen LogP contribution is -2.10. The van der Waals surface area contributed by atoms with Crippen LogP contribution in [0.15, 0.2) is 318 Å². The number of hydrogen-bond acceptors (Lipinski definition) is 4. The summed E-state index contributed by atoms with van der Waals surface area (Å²) in [6.45, 7) is 3.73. The van der Waals surface area contributed by atoms with Crippen LogP contribution in [-0.2, 0) is 0 Å². The molecular formula is C95H56N8. The first kappa shape index (κ1) is 57.1. The molecule has 2 aliphatic carbocycles.